The average Bonchev–Trinajstić information content (AvgIpc) is 1.64. The summed E-state index contributed by atoms with van der Waals surface area (Å²) >= 11 is 0. The number of hydrogen-bond acceptors (Lipinski definition) is 3. The van der Waals surface area contributed by atoms with Gasteiger partial charge in [-0.15, -0.1) is 0 Å². The molecule has 0 aliphatic heterocycles. The van der Waals surface area contributed by atoms with Crippen molar-refractivity contribution in [2.75, 3.05) is 0 Å². The molecule has 0 unspecified atom stereocenters. The second kappa shape index (κ2) is 24.0. The highest BCUT2D eigenvalue weighted by atomic mass is 15.1. The molecule has 0 aliphatic rings. The summed E-state index contributed by atoms with van der Waals surface area (Å²) in [6.45, 7) is 9.95. The van der Waals surface area contributed by atoms with Gasteiger partial charge in [-0.25, -0.2) is 0 Å². The molecule has 6 aromatic heterocycles. The first-order chi connectivity index (χ1) is 54.7. The highest BCUT2D eigenvalue weighted by molar-refractivity contribution is 6.38. The summed E-state index contributed by atoms with van der Waals surface area (Å²) in [6.07, 6.45) is 11.8. The van der Waals surface area contributed by atoms with Crippen LogP contribution in [-0.4, -0.2) is 28.7 Å². The largest absolute Gasteiger partial charge is 0.339 e. The highest BCUT2D eigenvalue weighted by Crippen LogP contribution is 2.50. The lowest BCUT2D eigenvalue weighted by Gasteiger charge is -2.24. The number of aryl methyl sites for hydroxylation is 1. The first kappa shape index (κ1) is 63.1. The normalized spacial score (nSPS) is 12.4. The summed E-state index contributed by atoms with van der Waals surface area (Å²) in [4.78, 5) is 13.4. The zero-order chi connectivity index (χ0) is 73.5. The fourth-order valence-electron chi connectivity index (χ4n) is 19.7. The van der Waals surface area contributed by atoms with Crippen LogP contribution in [0.3, 0.4) is 0 Å². The lowest BCUT2D eigenvalue weighted by Crippen LogP contribution is -2.21. The van der Waals surface area contributed by atoms with Crippen LogP contribution in [0.1, 0.15) is 27.7 Å². The smallest absolute Gasteiger partial charge is 0.0724 e. The SMILES string of the molecule is CC(C)(C)n1c2cnccc2c2c3ccc4ccc(-c5ccccc5)c5ccc(cc21)c3c45.CCn1c2cnccc2c2c3ccc4ccc(-c5ccc6ccccc6c5)c5ccc(cc21)c3c45.c1ccc(-n2c3cnccc3c3c4ccc5ccc(-c6cc7ccccc7c7ccccc67)c6ccc(cc32)c4c56)cc1. The number of hydrogen-bond donors (Lipinski definition) is 0. The molecule has 0 saturated heterocycles. The number of aromatic nitrogens is 6. The lowest BCUT2D eigenvalue weighted by molar-refractivity contribution is 0.423. The van der Waals surface area contributed by atoms with Crippen molar-refractivity contribution in [1.29, 1.82) is 0 Å². The Morgan fingerprint density at radius 1 is 0.243 bits per heavy atom. The van der Waals surface area contributed by atoms with Crippen molar-refractivity contribution in [2.24, 2.45) is 0 Å². The lowest BCUT2D eigenvalue weighted by atomic mass is 9.86. The molecule has 0 fully saturated rings. The van der Waals surface area contributed by atoms with E-state index in [0.717, 1.165) is 17.7 Å². The first-order valence-corrected chi connectivity index (χ1v) is 38.6. The number of para-hydroxylation sites is 1. The summed E-state index contributed by atoms with van der Waals surface area (Å²) in [6, 6.07) is 112. The molecule has 0 amide bonds. The Bertz CT molecular complexity index is 8160. The van der Waals surface area contributed by atoms with Gasteiger partial charge in [-0.05, 0) is 251 Å². The van der Waals surface area contributed by atoms with Crippen LogP contribution in [0.5, 0.6) is 0 Å². The van der Waals surface area contributed by atoms with Gasteiger partial charge in [-0.1, -0.05) is 243 Å². The van der Waals surface area contributed by atoms with E-state index < -0.39 is 0 Å². The Hall–Kier alpha value is -14.1. The topological polar surface area (TPSA) is 53.5 Å². The third kappa shape index (κ3) is 9.28. The van der Waals surface area contributed by atoms with Gasteiger partial charge in [0.25, 0.3) is 0 Å². The van der Waals surface area contributed by atoms with Crippen LogP contribution >= 0.6 is 0 Å². The molecule has 0 radical (unpaired) electrons. The van der Waals surface area contributed by atoms with Crippen LogP contribution in [-0.2, 0) is 12.1 Å². The van der Waals surface area contributed by atoms with Crippen LogP contribution in [0, 0.1) is 0 Å². The maximum atomic E-state index is 4.53. The van der Waals surface area contributed by atoms with Crippen molar-refractivity contribution >= 4 is 195 Å². The van der Waals surface area contributed by atoms with Gasteiger partial charge in [-0.2, -0.15) is 0 Å². The molecular formula is C105H70N6. The van der Waals surface area contributed by atoms with E-state index in [9.17, 15) is 0 Å². The Labute approximate surface area is 638 Å². The van der Waals surface area contributed by atoms with Gasteiger partial charge in [0.05, 0.1) is 51.7 Å². The van der Waals surface area contributed by atoms with Crippen molar-refractivity contribution in [2.45, 2.75) is 39.8 Å². The van der Waals surface area contributed by atoms with Crippen molar-refractivity contribution < 1.29 is 0 Å². The maximum absolute atomic E-state index is 4.53. The molecular weight excluding hydrogens is 1350 g/mol. The van der Waals surface area contributed by atoms with Crippen LogP contribution in [0.2, 0.25) is 0 Å². The Kier molecular flexibility index (Phi) is 13.6. The van der Waals surface area contributed by atoms with E-state index in [1.54, 1.807) is 0 Å². The number of nitrogens with zero attached hydrogens (tertiary/aromatic N) is 6. The molecule has 6 heteroatoms. The van der Waals surface area contributed by atoms with E-state index in [1.165, 1.54) is 223 Å². The molecule has 0 atom stereocenters. The number of benzene rings is 19. The van der Waals surface area contributed by atoms with E-state index >= 15 is 0 Å². The molecule has 0 spiro atoms. The summed E-state index contributed by atoms with van der Waals surface area (Å²) in [5, 5.41) is 39.1. The van der Waals surface area contributed by atoms with Gasteiger partial charge in [0, 0.05) is 68.7 Å². The van der Waals surface area contributed by atoms with E-state index in [-0.39, 0.29) is 5.54 Å². The molecule has 0 N–H and O–H groups in total. The van der Waals surface area contributed by atoms with E-state index in [2.05, 4.69) is 360 Å². The monoisotopic (exact) mass is 1410 g/mol. The van der Waals surface area contributed by atoms with Gasteiger partial charge in [0.1, 0.15) is 0 Å². The third-order valence-corrected chi connectivity index (χ3v) is 24.2. The number of rotatable bonds is 5. The molecule has 0 saturated carbocycles. The predicted molar refractivity (Wildman–Crippen MR) is 474 cm³/mol. The summed E-state index contributed by atoms with van der Waals surface area (Å²) in [5.74, 6) is 0. The van der Waals surface area contributed by atoms with Crippen molar-refractivity contribution in [3.63, 3.8) is 0 Å². The number of fused-ring (bicyclic) bond motifs is 16. The minimum atomic E-state index is -0.0513. The Morgan fingerprint density at radius 3 is 1.28 bits per heavy atom. The van der Waals surface area contributed by atoms with Gasteiger partial charge in [-0.3, -0.25) is 15.0 Å². The molecule has 6 nitrogen and oxygen atoms in total. The molecule has 0 aliphatic carbocycles. The quantitative estimate of drug-likeness (QED) is 0.161. The standard InChI is InChI=1S/C41H24N2.C33H22N2.C31H24N2/c1-2-9-28(10-3-1)43-37-23-27-16-18-33-32(36-22-26-8-4-5-11-29(26)30-12-6-7-13-31(30)36)17-14-25-15-19-35(40(27)39(25)33)41(37)34-20-21-42-24-38(34)43;1-2-35-29-18-24-11-13-26-25(23-8-7-20-5-3-4-6-22(20)17-23)12-9-21-10-14-28(32(24)31(21)26)33(29)27-15-16-34-19-30(27)35;1-31(2,3)33-26-17-21-11-13-23-22(19-7-5-4-6-8-19)12-9-20-10-14-25(29(21)28(20)23)30(26)24-15-16-32-18-27(24)33/h1-24H;3-19H,2H2,1H3;4-18H,1-3H3. The van der Waals surface area contributed by atoms with Crippen molar-refractivity contribution in [1.82, 2.24) is 28.7 Å². The Balaban J connectivity index is 0.000000101. The van der Waals surface area contributed by atoms with Gasteiger partial charge >= 0.3 is 0 Å². The van der Waals surface area contributed by atoms with E-state index in [4.69, 9.17) is 0 Å². The summed E-state index contributed by atoms with van der Waals surface area (Å²) in [5.41, 5.74) is 16.1. The second-order valence-corrected chi connectivity index (χ2v) is 31.1. The van der Waals surface area contributed by atoms with E-state index in [0.29, 0.717) is 0 Å². The van der Waals surface area contributed by atoms with Crippen LogP contribution < -0.4 is 0 Å². The molecule has 25 rings (SSSR count). The van der Waals surface area contributed by atoms with Crippen LogP contribution in [0.4, 0.5) is 0 Å². The number of pyridine rings is 3. The average molecular weight is 1420 g/mol. The third-order valence-electron chi connectivity index (χ3n) is 24.2. The molecule has 0 bridgehead atoms. The zero-order valence-corrected chi connectivity index (χ0v) is 61.7. The molecule has 25 aromatic rings. The van der Waals surface area contributed by atoms with Crippen molar-refractivity contribution in [3.8, 4) is 39.1 Å². The van der Waals surface area contributed by atoms with Crippen LogP contribution in [0.25, 0.3) is 234 Å². The minimum Gasteiger partial charge on any atom is -0.339 e. The Morgan fingerprint density at radius 2 is 0.667 bits per heavy atom. The van der Waals surface area contributed by atoms with Crippen molar-refractivity contribution in [3.05, 3.63) is 340 Å². The van der Waals surface area contributed by atoms with Gasteiger partial charge < -0.3 is 13.7 Å². The molecule has 6 heterocycles. The van der Waals surface area contributed by atoms with Crippen LogP contribution in [0.15, 0.2) is 340 Å². The fourth-order valence-corrected chi connectivity index (χ4v) is 19.7. The molecule has 19 aromatic carbocycles. The van der Waals surface area contributed by atoms with Gasteiger partial charge in [0.2, 0.25) is 0 Å². The first-order valence-electron chi connectivity index (χ1n) is 38.6. The molecule has 111 heavy (non-hydrogen) atoms. The second-order valence-electron chi connectivity index (χ2n) is 31.1. The van der Waals surface area contributed by atoms with E-state index in [1.807, 2.05) is 37.2 Å². The maximum Gasteiger partial charge on any atom is 0.0724 e. The zero-order valence-electron chi connectivity index (χ0n) is 61.7. The summed E-state index contributed by atoms with van der Waals surface area (Å²) < 4.78 is 7.21. The fraction of sp³-hybridized carbons (Fsp3) is 0.0571. The van der Waals surface area contributed by atoms with Gasteiger partial charge in [0.15, 0.2) is 0 Å². The highest BCUT2D eigenvalue weighted by Gasteiger charge is 2.27. The minimum absolute atomic E-state index is 0.0513. The predicted octanol–water partition coefficient (Wildman–Crippen LogP) is 28.5. The summed E-state index contributed by atoms with van der Waals surface area (Å²) in [7, 11) is 0. The molecule has 520 valence electrons.